The van der Waals surface area contributed by atoms with E-state index in [9.17, 15) is 9.59 Å². The summed E-state index contributed by atoms with van der Waals surface area (Å²) in [6, 6.07) is 32.1. The molecule has 0 spiro atoms. The summed E-state index contributed by atoms with van der Waals surface area (Å²) in [5, 5.41) is 0. The monoisotopic (exact) mass is 508 g/mol. The minimum atomic E-state index is -0.660. The zero-order valence-electron chi connectivity index (χ0n) is 21.7. The SMILES string of the molecule is CCC(=O)c1cc(N(C(N)=O)c2ccc(OC)cc2)ccc1OCCC(c1ccccc1)c1ccccc1. The Morgan fingerprint density at radius 2 is 1.39 bits per heavy atom. The van der Waals surface area contributed by atoms with Gasteiger partial charge in [-0.25, -0.2) is 4.79 Å². The number of primary amides is 1. The zero-order valence-corrected chi connectivity index (χ0v) is 21.7. The van der Waals surface area contributed by atoms with E-state index in [2.05, 4.69) is 24.3 Å². The Bertz CT molecular complexity index is 1320. The van der Waals surface area contributed by atoms with Crippen molar-refractivity contribution in [3.05, 3.63) is 120 Å². The predicted molar refractivity (Wildman–Crippen MR) is 151 cm³/mol. The molecule has 38 heavy (non-hydrogen) atoms. The van der Waals surface area contributed by atoms with Gasteiger partial charge in [-0.3, -0.25) is 9.69 Å². The molecule has 0 aromatic heterocycles. The van der Waals surface area contributed by atoms with Gasteiger partial charge in [0.2, 0.25) is 0 Å². The largest absolute Gasteiger partial charge is 0.497 e. The van der Waals surface area contributed by atoms with Gasteiger partial charge in [-0.05, 0) is 60.0 Å². The van der Waals surface area contributed by atoms with Gasteiger partial charge < -0.3 is 15.2 Å². The van der Waals surface area contributed by atoms with Crippen molar-refractivity contribution in [3.8, 4) is 11.5 Å². The Morgan fingerprint density at radius 3 is 1.92 bits per heavy atom. The third-order valence-corrected chi connectivity index (χ3v) is 6.46. The van der Waals surface area contributed by atoms with E-state index in [0.717, 1.165) is 6.42 Å². The van der Waals surface area contributed by atoms with Crippen LogP contribution in [0.2, 0.25) is 0 Å². The van der Waals surface area contributed by atoms with Gasteiger partial charge in [-0.2, -0.15) is 0 Å². The molecular formula is C32H32N2O4. The first-order chi connectivity index (χ1) is 18.5. The first-order valence-electron chi connectivity index (χ1n) is 12.6. The summed E-state index contributed by atoms with van der Waals surface area (Å²) in [6.45, 7) is 2.21. The first kappa shape index (κ1) is 26.5. The van der Waals surface area contributed by atoms with E-state index in [1.807, 2.05) is 36.4 Å². The number of nitrogens with zero attached hydrogens (tertiary/aromatic N) is 1. The summed E-state index contributed by atoms with van der Waals surface area (Å²) in [5.74, 6) is 1.22. The number of benzene rings is 4. The van der Waals surface area contributed by atoms with Crippen molar-refractivity contribution in [2.75, 3.05) is 18.6 Å². The van der Waals surface area contributed by atoms with Crippen molar-refractivity contribution in [1.29, 1.82) is 0 Å². The molecule has 6 nitrogen and oxygen atoms in total. The number of carbonyl (C=O) groups excluding carboxylic acids is 2. The van der Waals surface area contributed by atoms with Crippen LogP contribution in [0.15, 0.2) is 103 Å². The Balaban J connectivity index is 1.58. The van der Waals surface area contributed by atoms with Gasteiger partial charge in [-0.1, -0.05) is 67.6 Å². The minimum Gasteiger partial charge on any atom is -0.497 e. The predicted octanol–water partition coefficient (Wildman–Crippen LogP) is 7.11. The number of anilines is 2. The highest BCUT2D eigenvalue weighted by Gasteiger charge is 2.20. The van der Waals surface area contributed by atoms with E-state index in [0.29, 0.717) is 41.5 Å². The third kappa shape index (κ3) is 6.21. The quantitative estimate of drug-likeness (QED) is 0.219. The van der Waals surface area contributed by atoms with Gasteiger partial charge in [0.05, 0.1) is 30.7 Å². The average Bonchev–Trinajstić information content (AvgIpc) is 2.96. The Morgan fingerprint density at radius 1 is 0.816 bits per heavy atom. The fourth-order valence-corrected chi connectivity index (χ4v) is 4.51. The maximum absolute atomic E-state index is 12.9. The summed E-state index contributed by atoms with van der Waals surface area (Å²) in [5.41, 5.74) is 9.61. The molecule has 2 N–H and O–H groups in total. The van der Waals surface area contributed by atoms with Gasteiger partial charge in [0.1, 0.15) is 11.5 Å². The van der Waals surface area contributed by atoms with Crippen molar-refractivity contribution in [1.82, 2.24) is 0 Å². The molecule has 194 valence electrons. The van der Waals surface area contributed by atoms with Gasteiger partial charge in [0.25, 0.3) is 0 Å². The summed E-state index contributed by atoms with van der Waals surface area (Å²) in [7, 11) is 1.57. The van der Waals surface area contributed by atoms with Crippen molar-refractivity contribution in [2.45, 2.75) is 25.7 Å². The number of Topliss-reactive ketones (excluding diaryl/α,β-unsaturated/α-hetero) is 1. The molecule has 0 saturated carbocycles. The summed E-state index contributed by atoms with van der Waals surface area (Å²) < 4.78 is 11.4. The van der Waals surface area contributed by atoms with Crippen LogP contribution in [0.5, 0.6) is 11.5 Å². The molecule has 0 aliphatic rings. The Hall–Kier alpha value is -4.58. The third-order valence-electron chi connectivity index (χ3n) is 6.46. The topological polar surface area (TPSA) is 81.9 Å². The molecule has 0 aliphatic carbocycles. The normalized spacial score (nSPS) is 10.7. The number of rotatable bonds is 11. The highest BCUT2D eigenvalue weighted by atomic mass is 16.5. The fourth-order valence-electron chi connectivity index (χ4n) is 4.51. The van der Waals surface area contributed by atoms with Crippen LogP contribution in [-0.2, 0) is 0 Å². The number of methoxy groups -OCH3 is 1. The van der Waals surface area contributed by atoms with Crippen LogP contribution in [-0.4, -0.2) is 25.5 Å². The molecule has 0 unspecified atom stereocenters. The lowest BCUT2D eigenvalue weighted by atomic mass is 9.89. The van der Waals surface area contributed by atoms with E-state index in [-0.39, 0.29) is 11.7 Å². The number of amides is 2. The smallest absolute Gasteiger partial charge is 0.323 e. The van der Waals surface area contributed by atoms with Crippen molar-refractivity contribution < 1.29 is 19.1 Å². The standard InChI is InChI=1S/C32H32N2O4/c1-3-30(35)29-22-26(34(32(33)36)25-14-17-27(37-2)18-15-25)16-19-31(29)38-21-20-28(23-10-6-4-7-11-23)24-12-8-5-9-13-24/h4-19,22,28H,3,20-21H2,1-2H3,(H2,33,36). The summed E-state index contributed by atoms with van der Waals surface area (Å²) in [6.07, 6.45) is 1.03. The van der Waals surface area contributed by atoms with Crippen molar-refractivity contribution in [3.63, 3.8) is 0 Å². The molecule has 0 saturated heterocycles. The number of carbonyl (C=O) groups is 2. The lowest BCUT2D eigenvalue weighted by molar-refractivity contribution is 0.0984. The number of ketones is 1. The van der Waals surface area contributed by atoms with Crippen LogP contribution in [0.4, 0.5) is 16.2 Å². The van der Waals surface area contributed by atoms with Gasteiger partial charge >= 0.3 is 6.03 Å². The maximum Gasteiger partial charge on any atom is 0.323 e. The van der Waals surface area contributed by atoms with Crippen LogP contribution in [0.25, 0.3) is 0 Å². The first-order valence-corrected chi connectivity index (χ1v) is 12.6. The van der Waals surface area contributed by atoms with Gasteiger partial charge in [-0.15, -0.1) is 0 Å². The highest BCUT2D eigenvalue weighted by molar-refractivity contribution is 6.03. The maximum atomic E-state index is 12.9. The molecule has 4 rings (SSSR count). The number of hydrogen-bond donors (Lipinski definition) is 1. The van der Waals surface area contributed by atoms with Crippen LogP contribution in [0, 0.1) is 0 Å². The molecule has 0 aliphatic heterocycles. The Kier molecular flexibility index (Phi) is 8.77. The molecule has 2 amide bonds. The molecule has 0 heterocycles. The van der Waals surface area contributed by atoms with Gasteiger partial charge in [0, 0.05) is 12.3 Å². The second-order valence-corrected chi connectivity index (χ2v) is 8.84. The van der Waals surface area contributed by atoms with E-state index in [1.165, 1.54) is 16.0 Å². The molecule has 0 atom stereocenters. The van der Waals surface area contributed by atoms with Crippen molar-refractivity contribution >= 4 is 23.2 Å². The molecule has 0 bridgehead atoms. The van der Waals surface area contributed by atoms with Crippen LogP contribution >= 0.6 is 0 Å². The molecule has 6 heteroatoms. The van der Waals surface area contributed by atoms with Gasteiger partial charge in [0.15, 0.2) is 5.78 Å². The highest BCUT2D eigenvalue weighted by Crippen LogP contribution is 2.33. The molecule has 4 aromatic rings. The second-order valence-electron chi connectivity index (χ2n) is 8.84. The minimum absolute atomic E-state index is 0.0799. The van der Waals surface area contributed by atoms with Crippen LogP contribution in [0.1, 0.15) is 47.2 Å². The Labute approximate surface area is 223 Å². The summed E-state index contributed by atoms with van der Waals surface area (Å²) in [4.78, 5) is 26.7. The number of nitrogens with two attached hydrogens (primary N) is 1. The molecule has 0 fully saturated rings. The number of urea groups is 1. The molecule has 0 radical (unpaired) electrons. The van der Waals surface area contributed by atoms with Crippen molar-refractivity contribution in [2.24, 2.45) is 5.73 Å². The number of ether oxygens (including phenoxy) is 2. The lowest BCUT2D eigenvalue weighted by Gasteiger charge is -2.23. The van der Waals surface area contributed by atoms with E-state index >= 15 is 0 Å². The summed E-state index contributed by atoms with van der Waals surface area (Å²) >= 11 is 0. The van der Waals surface area contributed by atoms with E-state index < -0.39 is 6.03 Å². The number of hydrogen-bond acceptors (Lipinski definition) is 4. The van der Waals surface area contributed by atoms with E-state index in [1.54, 1.807) is 56.5 Å². The van der Waals surface area contributed by atoms with E-state index in [4.69, 9.17) is 15.2 Å². The molecule has 4 aromatic carbocycles. The van der Waals surface area contributed by atoms with Crippen LogP contribution < -0.4 is 20.1 Å². The average molecular weight is 509 g/mol. The van der Waals surface area contributed by atoms with Crippen LogP contribution in [0.3, 0.4) is 0 Å². The fraction of sp³-hybridized carbons (Fsp3) is 0.188. The lowest BCUT2D eigenvalue weighted by Crippen LogP contribution is -2.31. The zero-order chi connectivity index (χ0) is 26.9. The molecular weight excluding hydrogens is 476 g/mol. The second kappa shape index (κ2) is 12.6.